The lowest BCUT2D eigenvalue weighted by Gasteiger charge is -2.10. The molecule has 0 aliphatic carbocycles. The Balaban J connectivity index is 1.53. The van der Waals surface area contributed by atoms with E-state index in [1.54, 1.807) is 37.3 Å². The van der Waals surface area contributed by atoms with Gasteiger partial charge in [0.25, 0.3) is 5.91 Å². The minimum atomic E-state index is -0.410. The molecule has 0 radical (unpaired) electrons. The summed E-state index contributed by atoms with van der Waals surface area (Å²) in [7, 11) is 0. The standard InChI is InChI=1S/C20H15N3O4S/c1-12-21-18(23-27-12)11-28-17-5-3-2-4-15(17)20(25)22-14-7-8-16-13(10-14)6-9-19(24)26-16/h2-10H,11H2,1H3,(H,22,25). The number of benzene rings is 2. The lowest BCUT2D eigenvalue weighted by molar-refractivity contribution is 0.102. The molecule has 0 fully saturated rings. The van der Waals surface area contributed by atoms with Crippen molar-refractivity contribution in [2.45, 2.75) is 17.6 Å². The number of thioether (sulfide) groups is 1. The molecular formula is C20H15N3O4S. The smallest absolute Gasteiger partial charge is 0.336 e. The molecule has 0 saturated carbocycles. The summed E-state index contributed by atoms with van der Waals surface area (Å²) in [6.45, 7) is 1.73. The van der Waals surface area contributed by atoms with E-state index in [1.165, 1.54) is 17.8 Å². The predicted molar refractivity (Wildman–Crippen MR) is 105 cm³/mol. The third kappa shape index (κ3) is 3.96. The molecule has 2 heterocycles. The van der Waals surface area contributed by atoms with E-state index >= 15 is 0 Å². The number of aryl methyl sites for hydroxylation is 1. The number of rotatable bonds is 5. The van der Waals surface area contributed by atoms with Crippen LogP contribution in [0.3, 0.4) is 0 Å². The van der Waals surface area contributed by atoms with Crippen molar-refractivity contribution < 1.29 is 13.7 Å². The maximum absolute atomic E-state index is 12.8. The Bertz CT molecular complexity index is 1220. The highest BCUT2D eigenvalue weighted by Crippen LogP contribution is 2.26. The predicted octanol–water partition coefficient (Wildman–Crippen LogP) is 4.03. The Hall–Kier alpha value is -3.39. The summed E-state index contributed by atoms with van der Waals surface area (Å²) >= 11 is 1.46. The van der Waals surface area contributed by atoms with Gasteiger partial charge in [0.05, 0.1) is 11.3 Å². The zero-order valence-electron chi connectivity index (χ0n) is 14.8. The first-order valence-corrected chi connectivity index (χ1v) is 9.43. The van der Waals surface area contributed by atoms with Crippen LogP contribution < -0.4 is 10.9 Å². The molecule has 8 heteroatoms. The molecule has 0 aliphatic heterocycles. The fourth-order valence-corrected chi connectivity index (χ4v) is 3.56. The van der Waals surface area contributed by atoms with Gasteiger partial charge in [-0.1, -0.05) is 17.3 Å². The van der Waals surface area contributed by atoms with Crippen LogP contribution in [0.15, 0.2) is 73.2 Å². The number of fused-ring (bicyclic) bond motifs is 1. The topological polar surface area (TPSA) is 98.2 Å². The van der Waals surface area contributed by atoms with Crippen molar-refractivity contribution in [2.75, 3.05) is 5.32 Å². The Kier molecular flexibility index (Phi) is 4.94. The van der Waals surface area contributed by atoms with Gasteiger partial charge in [-0.15, -0.1) is 11.8 Å². The molecule has 4 aromatic rings. The SMILES string of the molecule is Cc1nc(CSc2ccccc2C(=O)Nc2ccc3oc(=O)ccc3c2)no1. The van der Waals surface area contributed by atoms with Gasteiger partial charge in [0, 0.05) is 29.0 Å². The normalized spacial score (nSPS) is 10.9. The van der Waals surface area contributed by atoms with Crippen molar-refractivity contribution in [3.05, 3.63) is 82.3 Å². The number of anilines is 1. The van der Waals surface area contributed by atoms with Gasteiger partial charge in [0.15, 0.2) is 5.82 Å². The van der Waals surface area contributed by atoms with Crippen molar-refractivity contribution in [3.63, 3.8) is 0 Å². The van der Waals surface area contributed by atoms with E-state index in [1.807, 2.05) is 18.2 Å². The Morgan fingerprint density at radius 3 is 2.82 bits per heavy atom. The van der Waals surface area contributed by atoms with Gasteiger partial charge in [-0.2, -0.15) is 4.98 Å². The summed E-state index contributed by atoms with van der Waals surface area (Å²) in [5, 5.41) is 7.48. The highest BCUT2D eigenvalue weighted by Gasteiger charge is 2.13. The van der Waals surface area contributed by atoms with Crippen LogP contribution in [0.4, 0.5) is 5.69 Å². The lowest BCUT2D eigenvalue weighted by atomic mass is 10.2. The maximum Gasteiger partial charge on any atom is 0.336 e. The van der Waals surface area contributed by atoms with Gasteiger partial charge in [0.1, 0.15) is 5.58 Å². The van der Waals surface area contributed by atoms with Crippen LogP contribution in [-0.4, -0.2) is 16.0 Å². The second kappa shape index (κ2) is 7.69. The minimum absolute atomic E-state index is 0.232. The second-order valence-electron chi connectivity index (χ2n) is 5.98. The molecule has 0 bridgehead atoms. The molecule has 7 nitrogen and oxygen atoms in total. The number of nitrogens with one attached hydrogen (secondary N) is 1. The number of hydrogen-bond donors (Lipinski definition) is 1. The number of carbonyl (C=O) groups is 1. The molecule has 0 spiro atoms. The minimum Gasteiger partial charge on any atom is -0.423 e. The van der Waals surface area contributed by atoms with E-state index in [4.69, 9.17) is 8.94 Å². The summed E-state index contributed by atoms with van der Waals surface area (Å²) in [6, 6.07) is 15.4. The molecule has 2 aromatic carbocycles. The van der Waals surface area contributed by atoms with Gasteiger partial charge >= 0.3 is 5.63 Å². The van der Waals surface area contributed by atoms with Crippen LogP contribution in [0.2, 0.25) is 0 Å². The van der Waals surface area contributed by atoms with Crippen LogP contribution >= 0.6 is 11.8 Å². The summed E-state index contributed by atoms with van der Waals surface area (Å²) in [5.74, 6) is 1.35. The summed E-state index contributed by atoms with van der Waals surface area (Å²) in [4.78, 5) is 29.1. The van der Waals surface area contributed by atoms with Crippen molar-refractivity contribution in [2.24, 2.45) is 0 Å². The maximum atomic E-state index is 12.8. The van der Waals surface area contributed by atoms with Crippen molar-refractivity contribution in [3.8, 4) is 0 Å². The van der Waals surface area contributed by atoms with Gasteiger partial charge in [-0.3, -0.25) is 4.79 Å². The van der Waals surface area contributed by atoms with Crippen LogP contribution in [0.25, 0.3) is 11.0 Å². The van der Waals surface area contributed by atoms with Gasteiger partial charge < -0.3 is 14.3 Å². The van der Waals surface area contributed by atoms with Gasteiger partial charge in [-0.25, -0.2) is 4.79 Å². The number of hydrogen-bond acceptors (Lipinski definition) is 7. The second-order valence-corrected chi connectivity index (χ2v) is 6.99. The number of carbonyl (C=O) groups excluding carboxylic acids is 1. The molecule has 1 N–H and O–H groups in total. The summed E-state index contributed by atoms with van der Waals surface area (Å²) in [5.41, 5.74) is 1.22. The summed E-state index contributed by atoms with van der Waals surface area (Å²) in [6.07, 6.45) is 0. The van der Waals surface area contributed by atoms with Crippen LogP contribution in [0.5, 0.6) is 0 Å². The molecular weight excluding hydrogens is 378 g/mol. The molecule has 2 aromatic heterocycles. The van der Waals surface area contributed by atoms with E-state index in [9.17, 15) is 9.59 Å². The van der Waals surface area contributed by atoms with Crippen LogP contribution in [0.1, 0.15) is 22.1 Å². The third-order valence-electron chi connectivity index (χ3n) is 3.94. The van der Waals surface area contributed by atoms with Gasteiger partial charge in [-0.05, 0) is 36.4 Å². The summed E-state index contributed by atoms with van der Waals surface area (Å²) < 4.78 is 10.1. The molecule has 0 unspecified atom stereocenters. The molecule has 0 aliphatic rings. The lowest BCUT2D eigenvalue weighted by Crippen LogP contribution is -2.13. The first-order chi connectivity index (χ1) is 13.6. The van der Waals surface area contributed by atoms with Gasteiger partial charge in [0.2, 0.25) is 5.89 Å². The number of nitrogens with zero attached hydrogens (tertiary/aromatic N) is 2. The molecule has 140 valence electrons. The fraction of sp³-hybridized carbons (Fsp3) is 0.100. The molecule has 0 saturated heterocycles. The van der Waals surface area contributed by atoms with Crippen LogP contribution in [0, 0.1) is 6.92 Å². The molecule has 1 amide bonds. The van der Waals surface area contributed by atoms with E-state index in [0.717, 1.165) is 10.3 Å². The molecule has 4 rings (SSSR count). The van der Waals surface area contributed by atoms with Crippen molar-refractivity contribution >= 4 is 34.3 Å². The zero-order valence-corrected chi connectivity index (χ0v) is 15.7. The van der Waals surface area contributed by atoms with Crippen molar-refractivity contribution in [1.29, 1.82) is 0 Å². The number of amides is 1. The Labute approximate surface area is 163 Å². The highest BCUT2D eigenvalue weighted by atomic mass is 32.2. The van der Waals surface area contributed by atoms with E-state index in [2.05, 4.69) is 15.5 Å². The first-order valence-electron chi connectivity index (χ1n) is 8.45. The van der Waals surface area contributed by atoms with E-state index in [-0.39, 0.29) is 5.91 Å². The Morgan fingerprint density at radius 2 is 2.00 bits per heavy atom. The molecule has 28 heavy (non-hydrogen) atoms. The first kappa shape index (κ1) is 18.0. The average Bonchev–Trinajstić information content (AvgIpc) is 3.12. The number of aromatic nitrogens is 2. The zero-order chi connectivity index (χ0) is 19.5. The molecule has 0 atom stereocenters. The van der Waals surface area contributed by atoms with E-state index in [0.29, 0.717) is 34.3 Å². The fourth-order valence-electron chi connectivity index (χ4n) is 2.67. The third-order valence-corrected chi connectivity index (χ3v) is 5.00. The average molecular weight is 393 g/mol. The quantitative estimate of drug-likeness (QED) is 0.404. The van der Waals surface area contributed by atoms with Crippen molar-refractivity contribution in [1.82, 2.24) is 10.1 Å². The Morgan fingerprint density at radius 1 is 1.14 bits per heavy atom. The van der Waals surface area contributed by atoms with E-state index < -0.39 is 5.63 Å². The largest absolute Gasteiger partial charge is 0.423 e. The highest BCUT2D eigenvalue weighted by molar-refractivity contribution is 7.98. The monoisotopic (exact) mass is 393 g/mol. The van der Waals surface area contributed by atoms with Crippen LogP contribution in [-0.2, 0) is 5.75 Å².